The number of nitrogens with zero attached hydrogens (tertiary/aromatic N) is 1. The summed E-state index contributed by atoms with van der Waals surface area (Å²) in [5.74, 6) is 0.779. The molecule has 0 radical (unpaired) electrons. The van der Waals surface area contributed by atoms with Gasteiger partial charge in [0.15, 0.2) is 11.5 Å². The van der Waals surface area contributed by atoms with Crippen molar-refractivity contribution in [2.24, 2.45) is 0 Å². The molecule has 0 aliphatic carbocycles. The Morgan fingerprint density at radius 2 is 0.771 bits per heavy atom. The fourth-order valence-corrected chi connectivity index (χ4v) is 12.9. The number of ether oxygens (including phenoxy) is 7. The molecule has 1 aromatic carbocycles. The van der Waals surface area contributed by atoms with Gasteiger partial charge in [-0.05, 0) is 77.5 Å². The minimum Gasteiger partial charge on any atom is -0.490 e. The van der Waals surface area contributed by atoms with Gasteiger partial charge in [0.05, 0.1) is 53.4 Å². The van der Waals surface area contributed by atoms with Crippen LogP contribution in [0.1, 0.15) is 379 Å². The van der Waals surface area contributed by atoms with E-state index in [2.05, 4.69) is 31.4 Å². The molecule has 1 aliphatic rings. The number of amides is 3. The highest BCUT2D eigenvalue weighted by molar-refractivity contribution is 5.95. The summed E-state index contributed by atoms with van der Waals surface area (Å²) in [5.41, 5.74) is -0.248. The lowest BCUT2D eigenvalue weighted by molar-refractivity contribution is -0.146. The monoisotopic (exact) mass is 1350 g/mol. The predicted molar refractivity (Wildman–Crippen MR) is 399 cm³/mol. The van der Waals surface area contributed by atoms with E-state index in [0.717, 1.165) is 38.5 Å². The maximum Gasteiger partial charge on any atom is 0.411 e. The van der Waals surface area contributed by atoms with Gasteiger partial charge in [0.2, 0.25) is 11.7 Å². The average Bonchev–Trinajstić information content (AvgIpc) is 1.53. The van der Waals surface area contributed by atoms with Gasteiger partial charge in [-0.1, -0.05) is 316 Å². The predicted octanol–water partition coefficient (Wildman–Crippen LogP) is 22.4. The largest absolute Gasteiger partial charge is 0.490 e. The zero-order valence-corrected chi connectivity index (χ0v) is 63.3. The number of hydrogen-bond acceptors (Lipinski definition) is 11. The van der Waals surface area contributed by atoms with Crippen molar-refractivity contribution in [1.29, 1.82) is 0 Å². The van der Waals surface area contributed by atoms with E-state index >= 15 is 0 Å². The van der Waals surface area contributed by atoms with Crippen molar-refractivity contribution in [3.63, 3.8) is 0 Å². The lowest BCUT2D eigenvalue weighted by Crippen LogP contribution is -2.47. The summed E-state index contributed by atoms with van der Waals surface area (Å²) in [6, 6.07) is 2.66. The molecule has 14 nitrogen and oxygen atoms in total. The van der Waals surface area contributed by atoms with E-state index in [-0.39, 0.29) is 17.9 Å². The molecule has 1 aromatic rings. The summed E-state index contributed by atoms with van der Waals surface area (Å²) in [7, 11) is 1.31. The number of nitrogens with one attached hydrogen (secondary N) is 2. The number of carbonyl (C=O) groups excluding carboxylic acids is 4. The lowest BCUT2D eigenvalue weighted by atomic mass is 10.0. The first kappa shape index (κ1) is 88.0. The van der Waals surface area contributed by atoms with Crippen LogP contribution < -0.4 is 24.8 Å². The molecule has 3 amide bonds. The van der Waals surface area contributed by atoms with Crippen LogP contribution in [-0.2, 0) is 28.5 Å². The Hall–Kier alpha value is -4.04. The van der Waals surface area contributed by atoms with E-state index in [9.17, 15) is 19.2 Å². The van der Waals surface area contributed by atoms with Crippen LogP contribution in [0.4, 0.5) is 4.79 Å². The third-order valence-electron chi connectivity index (χ3n) is 18.7. The molecule has 1 heterocycles. The summed E-state index contributed by atoms with van der Waals surface area (Å²) in [4.78, 5) is 53.5. The van der Waals surface area contributed by atoms with Gasteiger partial charge in [0.25, 0.3) is 5.91 Å². The summed E-state index contributed by atoms with van der Waals surface area (Å²) >= 11 is 0. The zero-order chi connectivity index (χ0) is 69.5. The Morgan fingerprint density at radius 3 is 1.11 bits per heavy atom. The van der Waals surface area contributed by atoms with Gasteiger partial charge < -0.3 is 43.8 Å². The van der Waals surface area contributed by atoms with Crippen LogP contribution in [0.3, 0.4) is 0 Å². The standard InChI is InChI=1S/C82H149N3O11/c1-8-11-14-17-20-23-26-29-32-35-38-41-44-47-50-53-63-93-75-70-72(79(87)84-62-67-92-69-68-91-66-61-83-77(86)58-56-57-73-59-60-74(80(88)90-7)85(73)81(89)96-82(4,5)6)71-76(94-64-54-51-48-45-42-39-36-33-30-27-24-21-18-15-12-9-2)78(75)95-65-55-52-49-46-43-40-37-34-31-28-25-22-19-16-13-10-3/h56,58,70-71,73-74H,8-55,57,59-69H2,1-7H3,(H,83,86)(H,84,87)/b58-56+/t73-,74-/m0/s1. The number of likely N-dealkylation sites (tertiary alicyclic amines) is 1. The van der Waals surface area contributed by atoms with Crippen molar-refractivity contribution in [2.45, 2.75) is 387 Å². The first-order valence-electron chi connectivity index (χ1n) is 40.5. The second kappa shape index (κ2) is 63.2. The second-order valence-corrected chi connectivity index (χ2v) is 28.8. The molecule has 0 bridgehead atoms. The van der Waals surface area contributed by atoms with Crippen LogP contribution in [0.5, 0.6) is 17.2 Å². The molecule has 1 saturated heterocycles. The molecular weight excluding hydrogens is 1200 g/mol. The van der Waals surface area contributed by atoms with Gasteiger partial charge in [-0.25, -0.2) is 9.59 Å². The maximum atomic E-state index is 14.0. The van der Waals surface area contributed by atoms with E-state index in [1.165, 1.54) is 288 Å². The molecule has 2 atom stereocenters. The van der Waals surface area contributed by atoms with Crippen LogP contribution in [0, 0.1) is 0 Å². The second-order valence-electron chi connectivity index (χ2n) is 28.8. The van der Waals surface area contributed by atoms with Crippen molar-refractivity contribution in [3.05, 3.63) is 29.8 Å². The van der Waals surface area contributed by atoms with E-state index in [4.69, 9.17) is 33.2 Å². The van der Waals surface area contributed by atoms with Crippen LogP contribution in [0.25, 0.3) is 0 Å². The molecule has 14 heteroatoms. The summed E-state index contributed by atoms with van der Waals surface area (Å²) in [6.07, 6.45) is 67.1. The molecular formula is C82H149N3O11. The van der Waals surface area contributed by atoms with E-state index < -0.39 is 23.7 Å². The Bertz CT molecular complexity index is 1970. The summed E-state index contributed by atoms with van der Waals surface area (Å²) < 4.78 is 42.0. The number of rotatable bonds is 68. The van der Waals surface area contributed by atoms with E-state index in [1.54, 1.807) is 26.8 Å². The molecule has 0 saturated carbocycles. The fraction of sp³-hybridized carbons (Fsp3) is 0.854. The van der Waals surface area contributed by atoms with Crippen molar-refractivity contribution >= 4 is 23.9 Å². The number of methoxy groups -OCH3 is 1. The van der Waals surface area contributed by atoms with Gasteiger partial charge in [-0.3, -0.25) is 14.5 Å². The Kier molecular flexibility index (Phi) is 57.9. The first-order chi connectivity index (χ1) is 46.9. The number of benzene rings is 1. The molecule has 96 heavy (non-hydrogen) atoms. The van der Waals surface area contributed by atoms with E-state index in [0.29, 0.717) is 101 Å². The molecule has 2 rings (SSSR count). The zero-order valence-electron chi connectivity index (χ0n) is 63.3. The van der Waals surface area contributed by atoms with Crippen LogP contribution in [0.2, 0.25) is 0 Å². The number of esters is 1. The summed E-state index contributed by atoms with van der Waals surface area (Å²) in [5, 5.41) is 5.88. The van der Waals surface area contributed by atoms with Crippen LogP contribution in [-0.4, -0.2) is 113 Å². The van der Waals surface area contributed by atoms with Gasteiger partial charge in [0.1, 0.15) is 11.6 Å². The molecule has 0 spiro atoms. The highest BCUT2D eigenvalue weighted by Gasteiger charge is 2.43. The molecule has 558 valence electrons. The summed E-state index contributed by atoms with van der Waals surface area (Å²) in [6.45, 7) is 15.7. The minimum absolute atomic E-state index is 0.225. The van der Waals surface area contributed by atoms with Crippen molar-refractivity contribution in [2.75, 3.05) is 66.4 Å². The van der Waals surface area contributed by atoms with Gasteiger partial charge in [-0.2, -0.15) is 0 Å². The average molecular weight is 1350 g/mol. The highest BCUT2D eigenvalue weighted by atomic mass is 16.6. The van der Waals surface area contributed by atoms with Gasteiger partial charge in [0, 0.05) is 24.7 Å². The van der Waals surface area contributed by atoms with Crippen LogP contribution in [0.15, 0.2) is 24.3 Å². The first-order valence-corrected chi connectivity index (χ1v) is 40.5. The molecule has 0 aromatic heterocycles. The molecule has 0 unspecified atom stereocenters. The smallest absolute Gasteiger partial charge is 0.411 e. The number of hydrogen-bond donors (Lipinski definition) is 2. The van der Waals surface area contributed by atoms with Gasteiger partial charge >= 0.3 is 12.1 Å². The Balaban J connectivity index is 1.97. The lowest BCUT2D eigenvalue weighted by Gasteiger charge is -2.31. The maximum absolute atomic E-state index is 14.0. The van der Waals surface area contributed by atoms with E-state index in [1.807, 2.05) is 12.1 Å². The fourth-order valence-electron chi connectivity index (χ4n) is 12.9. The van der Waals surface area contributed by atoms with Crippen LogP contribution >= 0.6 is 0 Å². The van der Waals surface area contributed by atoms with Crippen molar-refractivity contribution in [1.82, 2.24) is 15.5 Å². The highest BCUT2D eigenvalue weighted by Crippen LogP contribution is 2.40. The number of carbonyl (C=O) groups is 4. The molecule has 1 aliphatic heterocycles. The quantitative estimate of drug-likeness (QED) is 0.0363. The molecule has 1 fully saturated rings. The van der Waals surface area contributed by atoms with Crippen molar-refractivity contribution in [3.8, 4) is 17.2 Å². The normalized spacial score (nSPS) is 14.0. The van der Waals surface area contributed by atoms with Crippen molar-refractivity contribution < 1.29 is 52.3 Å². The third kappa shape index (κ3) is 49.5. The Labute approximate surface area is 589 Å². The van der Waals surface area contributed by atoms with Gasteiger partial charge in [-0.15, -0.1) is 0 Å². The molecule has 2 N–H and O–H groups in total. The minimum atomic E-state index is -0.724. The SMILES string of the molecule is CCCCCCCCCCCCCCCCCCOc1cc(C(=O)NCCOCCOCCNC(=O)/C=C/C[C@H]2CC[C@@H](C(=O)OC)N2C(=O)OC(C)(C)C)cc(OCCCCCCCCCCCCCCCCCC)c1OCCCCCCCCCCCCCCCCCC. The Morgan fingerprint density at radius 1 is 0.438 bits per heavy atom. The topological polar surface area (TPSA) is 160 Å². The third-order valence-corrected chi connectivity index (χ3v) is 18.7. The number of unbranched alkanes of at least 4 members (excludes halogenated alkanes) is 45.